The summed E-state index contributed by atoms with van der Waals surface area (Å²) in [4.78, 5) is 31.0. The van der Waals surface area contributed by atoms with Crippen LogP contribution in [-0.2, 0) is 4.79 Å². The van der Waals surface area contributed by atoms with E-state index in [4.69, 9.17) is 0 Å². The summed E-state index contributed by atoms with van der Waals surface area (Å²) < 4.78 is 0. The lowest BCUT2D eigenvalue weighted by atomic mass is 10.0. The Hall–Kier alpha value is -3.56. The van der Waals surface area contributed by atoms with Gasteiger partial charge < -0.3 is 0 Å². The van der Waals surface area contributed by atoms with Crippen molar-refractivity contribution in [2.24, 2.45) is 0 Å². The van der Waals surface area contributed by atoms with E-state index in [1.165, 1.54) is 24.3 Å². The first-order valence-electron chi connectivity index (χ1n) is 8.96. The largest absolute Gasteiger partial charge is 0.288 e. The van der Waals surface area contributed by atoms with Crippen LogP contribution in [0.4, 0.5) is 10.8 Å². The number of aromatic nitrogens is 1. The van der Waals surface area contributed by atoms with Gasteiger partial charge in [0.05, 0.1) is 11.4 Å². The Morgan fingerprint density at radius 3 is 2.31 bits per heavy atom. The van der Waals surface area contributed by atoms with Crippen LogP contribution >= 0.6 is 11.3 Å². The predicted molar refractivity (Wildman–Crippen MR) is 115 cm³/mol. The van der Waals surface area contributed by atoms with Crippen molar-refractivity contribution in [3.8, 4) is 6.07 Å². The van der Waals surface area contributed by atoms with Gasteiger partial charge in [0, 0.05) is 17.9 Å². The molecule has 6 heteroatoms. The van der Waals surface area contributed by atoms with Gasteiger partial charge in [0.2, 0.25) is 11.7 Å². The van der Waals surface area contributed by atoms with Crippen LogP contribution in [0.2, 0.25) is 0 Å². The van der Waals surface area contributed by atoms with Crippen LogP contribution in [0.15, 0.2) is 59.5 Å². The summed E-state index contributed by atoms with van der Waals surface area (Å²) in [5.74, 6) is -0.519. The summed E-state index contributed by atoms with van der Waals surface area (Å²) >= 11 is 1.29. The Balaban J connectivity index is 1.98. The Morgan fingerprint density at radius 1 is 1.07 bits per heavy atom. The zero-order chi connectivity index (χ0) is 21.0. The fraction of sp³-hybridized carbons (Fsp3) is 0.130. The predicted octanol–water partition coefficient (Wildman–Crippen LogP) is 5.23. The molecule has 0 aliphatic heterocycles. The van der Waals surface area contributed by atoms with Crippen molar-refractivity contribution < 1.29 is 9.59 Å². The second-order valence-corrected chi connectivity index (χ2v) is 7.35. The molecule has 0 N–H and O–H groups in total. The minimum absolute atomic E-state index is 0.00510. The summed E-state index contributed by atoms with van der Waals surface area (Å²) in [7, 11) is 0. The fourth-order valence-corrected chi connectivity index (χ4v) is 3.86. The van der Waals surface area contributed by atoms with Crippen LogP contribution in [0.25, 0.3) is 6.08 Å². The molecule has 29 heavy (non-hydrogen) atoms. The normalized spacial score (nSPS) is 11.0. The summed E-state index contributed by atoms with van der Waals surface area (Å²) in [6.07, 6.45) is 1.46. The number of rotatable bonds is 5. The number of hydrogen-bond acceptors (Lipinski definition) is 5. The molecule has 5 nitrogen and oxygen atoms in total. The number of thiazole rings is 1. The molecule has 1 aromatic heterocycles. The Kier molecular flexibility index (Phi) is 6.01. The van der Waals surface area contributed by atoms with E-state index in [1.54, 1.807) is 34.5 Å². The standard InChI is InChI=1S/C23H19N3O2S/c1-15-8-7-9-16(2)21(15)26(17(3)27)23-25-20(14-29-23)12-19(13-24)22(28)18-10-5-4-6-11-18/h4-12,14H,1-3H3/b19-12+. The van der Waals surface area contributed by atoms with Gasteiger partial charge in [0.1, 0.15) is 11.6 Å². The zero-order valence-electron chi connectivity index (χ0n) is 16.3. The number of hydrogen-bond donors (Lipinski definition) is 0. The first-order chi connectivity index (χ1) is 13.9. The summed E-state index contributed by atoms with van der Waals surface area (Å²) in [6, 6.07) is 16.4. The number of nitriles is 1. The zero-order valence-corrected chi connectivity index (χ0v) is 17.2. The highest BCUT2D eigenvalue weighted by Gasteiger charge is 2.21. The van der Waals surface area contributed by atoms with Crippen LogP contribution in [0.5, 0.6) is 0 Å². The lowest BCUT2D eigenvalue weighted by Gasteiger charge is -2.22. The quantitative estimate of drug-likeness (QED) is 0.333. The average molecular weight is 401 g/mol. The van der Waals surface area contributed by atoms with E-state index in [9.17, 15) is 14.9 Å². The van der Waals surface area contributed by atoms with Gasteiger partial charge in [-0.1, -0.05) is 48.5 Å². The summed E-state index contributed by atoms with van der Waals surface area (Å²) in [5.41, 5.74) is 3.62. The van der Waals surface area contributed by atoms with Gasteiger partial charge in [-0.15, -0.1) is 11.3 Å². The topological polar surface area (TPSA) is 74.1 Å². The number of aryl methyl sites for hydroxylation is 2. The molecule has 0 radical (unpaired) electrons. The number of carbonyl (C=O) groups excluding carboxylic acids is 2. The third-order valence-corrected chi connectivity index (χ3v) is 5.22. The van der Waals surface area contributed by atoms with Crippen molar-refractivity contribution in [3.63, 3.8) is 0 Å². The summed E-state index contributed by atoms with van der Waals surface area (Å²) in [5, 5.41) is 11.7. The first kappa shape index (κ1) is 20.2. The molecule has 3 aromatic rings. The number of carbonyl (C=O) groups is 2. The van der Waals surface area contributed by atoms with E-state index in [0.29, 0.717) is 16.4 Å². The van der Waals surface area contributed by atoms with Crippen LogP contribution < -0.4 is 4.90 Å². The van der Waals surface area contributed by atoms with E-state index in [0.717, 1.165) is 16.8 Å². The molecule has 0 unspecified atom stereocenters. The van der Waals surface area contributed by atoms with Crippen LogP contribution in [-0.4, -0.2) is 16.7 Å². The Bertz CT molecular complexity index is 1120. The lowest BCUT2D eigenvalue weighted by molar-refractivity contribution is -0.115. The highest BCUT2D eigenvalue weighted by molar-refractivity contribution is 7.14. The molecule has 0 atom stereocenters. The van der Waals surface area contributed by atoms with Gasteiger partial charge in [-0.25, -0.2) is 4.98 Å². The van der Waals surface area contributed by atoms with Crippen molar-refractivity contribution in [2.75, 3.05) is 4.90 Å². The van der Waals surface area contributed by atoms with Gasteiger partial charge in [-0.05, 0) is 31.1 Å². The lowest BCUT2D eigenvalue weighted by Crippen LogP contribution is -2.24. The smallest absolute Gasteiger partial charge is 0.230 e. The van der Waals surface area contributed by atoms with Gasteiger partial charge in [-0.3, -0.25) is 14.5 Å². The van der Waals surface area contributed by atoms with Crippen molar-refractivity contribution >= 4 is 39.9 Å². The van der Waals surface area contributed by atoms with E-state index in [-0.39, 0.29) is 17.3 Å². The second kappa shape index (κ2) is 8.63. The number of amides is 1. The van der Waals surface area contributed by atoms with Crippen molar-refractivity contribution in [3.05, 3.63) is 81.9 Å². The van der Waals surface area contributed by atoms with E-state index < -0.39 is 0 Å². The molecule has 2 aromatic carbocycles. The van der Waals surface area contributed by atoms with Crippen LogP contribution in [0.1, 0.15) is 34.1 Å². The first-order valence-corrected chi connectivity index (χ1v) is 9.84. The van der Waals surface area contributed by atoms with Gasteiger partial charge in [0.15, 0.2) is 5.13 Å². The van der Waals surface area contributed by atoms with E-state index in [2.05, 4.69) is 4.98 Å². The molecule has 0 spiro atoms. The molecule has 3 rings (SSSR count). The third kappa shape index (κ3) is 4.31. The molecule has 0 aliphatic rings. The maximum Gasteiger partial charge on any atom is 0.230 e. The molecule has 0 fully saturated rings. The van der Waals surface area contributed by atoms with Crippen LogP contribution in [0, 0.1) is 25.2 Å². The second-order valence-electron chi connectivity index (χ2n) is 6.51. The van der Waals surface area contributed by atoms with Crippen LogP contribution in [0.3, 0.4) is 0 Å². The molecule has 144 valence electrons. The summed E-state index contributed by atoms with van der Waals surface area (Å²) in [6.45, 7) is 5.38. The molecule has 0 aliphatic carbocycles. The number of nitrogens with zero attached hydrogens (tertiary/aromatic N) is 3. The molecule has 0 bridgehead atoms. The van der Waals surface area contributed by atoms with Gasteiger partial charge >= 0.3 is 0 Å². The number of benzene rings is 2. The van der Waals surface area contributed by atoms with E-state index in [1.807, 2.05) is 44.2 Å². The molecular weight excluding hydrogens is 382 g/mol. The molecular formula is C23H19N3O2S. The van der Waals surface area contributed by atoms with Gasteiger partial charge in [0.25, 0.3) is 0 Å². The highest BCUT2D eigenvalue weighted by Crippen LogP contribution is 2.34. The van der Waals surface area contributed by atoms with Crippen molar-refractivity contribution in [1.82, 2.24) is 4.98 Å². The fourth-order valence-electron chi connectivity index (χ4n) is 3.03. The molecule has 0 saturated carbocycles. The van der Waals surface area contributed by atoms with Gasteiger partial charge in [-0.2, -0.15) is 5.26 Å². The van der Waals surface area contributed by atoms with Crippen molar-refractivity contribution in [2.45, 2.75) is 20.8 Å². The molecule has 1 heterocycles. The number of Topliss-reactive ketones (excluding diaryl/α,β-unsaturated/α-hetero) is 1. The minimum Gasteiger partial charge on any atom is -0.288 e. The van der Waals surface area contributed by atoms with Crippen molar-refractivity contribution in [1.29, 1.82) is 5.26 Å². The Morgan fingerprint density at radius 2 is 1.72 bits per heavy atom. The maximum atomic E-state index is 12.6. The maximum absolute atomic E-state index is 12.6. The molecule has 1 amide bonds. The number of ketones is 1. The molecule has 0 saturated heterocycles. The van der Waals surface area contributed by atoms with E-state index >= 15 is 0 Å². The number of anilines is 2. The average Bonchev–Trinajstić information content (AvgIpc) is 3.16. The Labute approximate surface area is 173 Å². The monoisotopic (exact) mass is 401 g/mol. The highest BCUT2D eigenvalue weighted by atomic mass is 32.1. The number of allylic oxidation sites excluding steroid dienone is 1. The third-order valence-electron chi connectivity index (χ3n) is 4.37. The SMILES string of the molecule is CC(=O)N(c1nc(/C=C(\C#N)C(=O)c2ccccc2)cs1)c1c(C)cccc1C. The minimum atomic E-state index is -0.360. The number of para-hydroxylation sites is 1.